The minimum Gasteiger partial charge on any atom is -0.497 e. The molecule has 0 aromatic heterocycles. The van der Waals surface area contributed by atoms with Gasteiger partial charge in [0.15, 0.2) is 5.78 Å². The van der Waals surface area contributed by atoms with E-state index in [1.165, 1.54) is 0 Å². The van der Waals surface area contributed by atoms with Crippen molar-refractivity contribution >= 4 is 11.9 Å². The van der Waals surface area contributed by atoms with Crippen molar-refractivity contribution in [3.63, 3.8) is 0 Å². The third-order valence-electron chi connectivity index (χ3n) is 2.81. The van der Waals surface area contributed by atoms with Gasteiger partial charge in [0, 0.05) is 12.7 Å². The molecule has 0 unspecified atom stereocenters. The van der Waals surface area contributed by atoms with E-state index in [1.54, 1.807) is 13.2 Å². The van der Waals surface area contributed by atoms with Gasteiger partial charge < -0.3 is 18.9 Å². The van der Waals surface area contributed by atoms with Crippen molar-refractivity contribution in [2.75, 3.05) is 26.9 Å². The first-order valence-electron chi connectivity index (χ1n) is 6.44. The van der Waals surface area contributed by atoms with E-state index in [9.17, 15) is 4.79 Å². The second-order valence-electron chi connectivity index (χ2n) is 4.26. The van der Waals surface area contributed by atoms with Crippen molar-refractivity contribution in [3.05, 3.63) is 35.9 Å². The van der Waals surface area contributed by atoms with Crippen LogP contribution in [0.25, 0.3) is 6.08 Å². The predicted molar refractivity (Wildman–Crippen MR) is 73.3 cm³/mol. The van der Waals surface area contributed by atoms with Gasteiger partial charge in [-0.25, -0.2) is 0 Å². The van der Waals surface area contributed by atoms with E-state index >= 15 is 0 Å². The van der Waals surface area contributed by atoms with Crippen LogP contribution in [0.5, 0.6) is 5.75 Å². The molecule has 1 aliphatic rings. The highest BCUT2D eigenvalue weighted by molar-refractivity contribution is 5.81. The van der Waals surface area contributed by atoms with E-state index in [4.69, 9.17) is 18.9 Å². The maximum Gasteiger partial charge on any atom is 0.305 e. The van der Waals surface area contributed by atoms with E-state index < -0.39 is 5.97 Å². The fourth-order valence-corrected chi connectivity index (χ4v) is 1.79. The molecule has 0 aliphatic carbocycles. The molecule has 0 amide bonds. The lowest BCUT2D eigenvalue weighted by Gasteiger charge is -2.32. The lowest BCUT2D eigenvalue weighted by atomic mass is 10.2. The SMILES string of the molecule is CCOC1(/C=C/c2ccc(OC)cc2)OCC(=O)CO1. The second kappa shape index (κ2) is 6.65. The van der Waals surface area contributed by atoms with Crippen molar-refractivity contribution in [2.45, 2.75) is 12.9 Å². The number of methoxy groups -OCH3 is 1. The average Bonchev–Trinajstić information content (AvgIpc) is 2.49. The summed E-state index contributed by atoms with van der Waals surface area (Å²) in [6.07, 6.45) is 3.50. The Morgan fingerprint density at radius 1 is 1.25 bits per heavy atom. The average molecular weight is 278 g/mol. The number of ketones is 1. The van der Waals surface area contributed by atoms with Crippen molar-refractivity contribution < 1.29 is 23.7 Å². The summed E-state index contributed by atoms with van der Waals surface area (Å²) in [6.45, 7) is 2.24. The van der Waals surface area contributed by atoms with Gasteiger partial charge in [-0.3, -0.25) is 4.79 Å². The molecule has 0 atom stereocenters. The summed E-state index contributed by atoms with van der Waals surface area (Å²) in [5, 5.41) is 0. The number of hydrogen-bond donors (Lipinski definition) is 0. The molecule has 20 heavy (non-hydrogen) atoms. The molecule has 1 aromatic carbocycles. The topological polar surface area (TPSA) is 54.0 Å². The molecular formula is C15H18O5. The highest BCUT2D eigenvalue weighted by atomic mass is 16.9. The molecule has 1 aromatic rings. The highest BCUT2D eigenvalue weighted by Gasteiger charge is 2.35. The van der Waals surface area contributed by atoms with Gasteiger partial charge in [0.1, 0.15) is 19.0 Å². The zero-order valence-electron chi connectivity index (χ0n) is 11.6. The van der Waals surface area contributed by atoms with Gasteiger partial charge in [-0.2, -0.15) is 0 Å². The molecule has 5 nitrogen and oxygen atoms in total. The smallest absolute Gasteiger partial charge is 0.305 e. The maximum absolute atomic E-state index is 11.2. The molecule has 1 fully saturated rings. The van der Waals surface area contributed by atoms with Gasteiger partial charge in [0.25, 0.3) is 0 Å². The van der Waals surface area contributed by atoms with Crippen LogP contribution >= 0.6 is 0 Å². The number of carbonyl (C=O) groups is 1. The highest BCUT2D eigenvalue weighted by Crippen LogP contribution is 2.23. The Hall–Kier alpha value is -1.69. The van der Waals surface area contributed by atoms with E-state index in [-0.39, 0.29) is 19.0 Å². The molecule has 0 bridgehead atoms. The summed E-state index contributed by atoms with van der Waals surface area (Å²) in [5.74, 6) is -0.585. The first-order valence-corrected chi connectivity index (χ1v) is 6.44. The quantitative estimate of drug-likeness (QED) is 0.824. The number of carbonyl (C=O) groups excluding carboxylic acids is 1. The number of hydrogen-bond acceptors (Lipinski definition) is 5. The molecule has 2 rings (SSSR count). The van der Waals surface area contributed by atoms with Crippen LogP contribution in [0.4, 0.5) is 0 Å². The Balaban J connectivity index is 2.10. The fraction of sp³-hybridized carbons (Fsp3) is 0.400. The summed E-state index contributed by atoms with van der Waals surface area (Å²) in [4.78, 5) is 11.2. The zero-order valence-corrected chi connectivity index (χ0v) is 11.6. The Labute approximate surface area is 118 Å². The molecule has 0 saturated carbocycles. The third kappa shape index (κ3) is 3.66. The lowest BCUT2D eigenvalue weighted by Crippen LogP contribution is -2.45. The fourth-order valence-electron chi connectivity index (χ4n) is 1.79. The first kappa shape index (κ1) is 14.7. The molecule has 1 aliphatic heterocycles. The van der Waals surface area contributed by atoms with Crippen molar-refractivity contribution in [1.82, 2.24) is 0 Å². The number of ether oxygens (including phenoxy) is 4. The van der Waals surface area contributed by atoms with Crippen LogP contribution in [0, 0.1) is 0 Å². The van der Waals surface area contributed by atoms with E-state index in [0.717, 1.165) is 11.3 Å². The first-order chi connectivity index (χ1) is 9.67. The molecular weight excluding hydrogens is 260 g/mol. The van der Waals surface area contributed by atoms with Crippen LogP contribution in [0.3, 0.4) is 0 Å². The van der Waals surface area contributed by atoms with Crippen molar-refractivity contribution in [1.29, 1.82) is 0 Å². The Morgan fingerprint density at radius 2 is 1.90 bits per heavy atom. The largest absolute Gasteiger partial charge is 0.497 e. The normalized spacial score (nSPS) is 18.4. The van der Waals surface area contributed by atoms with Gasteiger partial charge in [-0.05, 0) is 24.6 Å². The van der Waals surface area contributed by atoms with Crippen molar-refractivity contribution in [2.24, 2.45) is 0 Å². The Bertz CT molecular complexity index is 468. The summed E-state index contributed by atoms with van der Waals surface area (Å²) < 4.78 is 21.3. The minimum atomic E-state index is -1.28. The summed E-state index contributed by atoms with van der Waals surface area (Å²) in [5.41, 5.74) is 0.953. The van der Waals surface area contributed by atoms with E-state index in [0.29, 0.717) is 6.61 Å². The molecule has 0 radical (unpaired) electrons. The van der Waals surface area contributed by atoms with Gasteiger partial charge in [0.05, 0.1) is 7.11 Å². The van der Waals surface area contributed by atoms with E-state index in [1.807, 2.05) is 37.3 Å². The van der Waals surface area contributed by atoms with Crippen LogP contribution < -0.4 is 4.74 Å². The van der Waals surface area contributed by atoms with Crippen molar-refractivity contribution in [3.8, 4) is 5.75 Å². The maximum atomic E-state index is 11.2. The predicted octanol–water partition coefficient (Wildman–Crippen LogP) is 2.01. The summed E-state index contributed by atoms with van der Waals surface area (Å²) in [7, 11) is 1.62. The second-order valence-corrected chi connectivity index (χ2v) is 4.26. The molecule has 1 saturated heterocycles. The monoisotopic (exact) mass is 278 g/mol. The minimum absolute atomic E-state index is 0.00699. The van der Waals surface area contributed by atoms with Gasteiger partial charge in [0.2, 0.25) is 0 Å². The number of Topliss-reactive ketones (excluding diaryl/α,β-unsaturated/α-hetero) is 1. The van der Waals surface area contributed by atoms with Gasteiger partial charge in [-0.15, -0.1) is 0 Å². The number of rotatable bonds is 5. The van der Waals surface area contributed by atoms with E-state index in [2.05, 4.69) is 0 Å². The van der Waals surface area contributed by atoms with Gasteiger partial charge >= 0.3 is 5.97 Å². The summed E-state index contributed by atoms with van der Waals surface area (Å²) >= 11 is 0. The molecule has 108 valence electrons. The molecule has 0 spiro atoms. The molecule has 5 heteroatoms. The Kier molecular flexibility index (Phi) is 4.89. The van der Waals surface area contributed by atoms with Crippen LogP contribution in [-0.2, 0) is 19.0 Å². The molecule has 0 N–H and O–H groups in total. The summed E-state index contributed by atoms with van der Waals surface area (Å²) in [6, 6.07) is 7.53. The number of benzene rings is 1. The molecule has 1 heterocycles. The van der Waals surface area contributed by atoms with Crippen LogP contribution in [0.1, 0.15) is 12.5 Å². The van der Waals surface area contributed by atoms with Crippen LogP contribution in [0.2, 0.25) is 0 Å². The van der Waals surface area contributed by atoms with Crippen LogP contribution in [0.15, 0.2) is 30.3 Å². The van der Waals surface area contributed by atoms with Crippen LogP contribution in [-0.4, -0.2) is 38.7 Å². The zero-order chi connectivity index (χ0) is 14.4. The lowest BCUT2D eigenvalue weighted by molar-refractivity contribution is -0.354. The third-order valence-corrected chi connectivity index (χ3v) is 2.81. The van der Waals surface area contributed by atoms with Gasteiger partial charge in [-0.1, -0.05) is 18.2 Å². The standard InChI is InChI=1S/C15H18O5/c1-3-18-15(19-10-13(16)11-20-15)9-8-12-4-6-14(17-2)7-5-12/h4-9H,3,10-11H2,1-2H3/b9-8+. The Morgan fingerprint density at radius 3 is 2.45 bits per heavy atom.